The van der Waals surface area contributed by atoms with Crippen LogP contribution in [0.25, 0.3) is 0 Å². The van der Waals surface area contributed by atoms with Gasteiger partial charge in [0.05, 0.1) is 6.20 Å². The molecule has 0 radical (unpaired) electrons. The topological polar surface area (TPSA) is 62.7 Å². The summed E-state index contributed by atoms with van der Waals surface area (Å²) in [6.07, 6.45) is 2.11. The van der Waals surface area contributed by atoms with Gasteiger partial charge in [-0.2, -0.15) is 10.1 Å². The number of hydrogen-bond donors (Lipinski definition) is 2. The summed E-state index contributed by atoms with van der Waals surface area (Å²) < 4.78 is 13.6. The second-order valence-corrected chi connectivity index (χ2v) is 7.39. The highest BCUT2D eigenvalue weighted by Gasteiger charge is 2.13. The predicted molar refractivity (Wildman–Crippen MR) is 107 cm³/mol. The van der Waals surface area contributed by atoms with Crippen molar-refractivity contribution in [1.29, 1.82) is 0 Å². The molecule has 1 aromatic heterocycles. The van der Waals surface area contributed by atoms with Crippen LogP contribution in [0.1, 0.15) is 31.9 Å². The number of hydrogen-bond acceptors (Lipinski definition) is 5. The first-order valence-electron chi connectivity index (χ1n) is 8.96. The van der Waals surface area contributed by atoms with E-state index >= 15 is 0 Å². The lowest BCUT2D eigenvalue weighted by molar-refractivity contribution is 0.590. The summed E-state index contributed by atoms with van der Waals surface area (Å²) >= 11 is 0. The van der Waals surface area contributed by atoms with Gasteiger partial charge in [0, 0.05) is 12.2 Å². The first-order chi connectivity index (χ1) is 12.9. The Bertz CT molecular complexity index is 888. The fraction of sp³-hybridized carbons (Fsp3) is 0.286. The maximum absolute atomic E-state index is 13.6. The molecule has 2 N–H and O–H groups in total. The molecule has 1 heterocycles. The Morgan fingerprint density at radius 3 is 2.44 bits per heavy atom. The van der Waals surface area contributed by atoms with Crippen molar-refractivity contribution in [1.82, 2.24) is 15.2 Å². The number of rotatable bonds is 6. The van der Waals surface area contributed by atoms with Crippen LogP contribution in [0.5, 0.6) is 0 Å². The van der Waals surface area contributed by atoms with E-state index < -0.39 is 0 Å². The van der Waals surface area contributed by atoms with Crippen LogP contribution in [0, 0.1) is 5.82 Å². The third-order valence-electron chi connectivity index (χ3n) is 4.22. The second-order valence-electron chi connectivity index (χ2n) is 7.39. The highest BCUT2D eigenvalue weighted by molar-refractivity contribution is 5.55. The van der Waals surface area contributed by atoms with E-state index in [0.29, 0.717) is 30.3 Å². The zero-order chi connectivity index (χ0) is 19.3. The van der Waals surface area contributed by atoms with Crippen LogP contribution in [-0.2, 0) is 11.8 Å². The molecule has 0 bridgehead atoms. The molecule has 0 aliphatic rings. The predicted octanol–water partition coefficient (Wildman–Crippen LogP) is 4.71. The van der Waals surface area contributed by atoms with Gasteiger partial charge in [-0.05, 0) is 41.2 Å². The Balaban J connectivity index is 1.59. The highest BCUT2D eigenvalue weighted by Crippen LogP contribution is 2.24. The van der Waals surface area contributed by atoms with Crippen molar-refractivity contribution in [3.05, 3.63) is 71.7 Å². The first kappa shape index (κ1) is 18.8. The van der Waals surface area contributed by atoms with E-state index in [2.05, 4.69) is 58.7 Å². The quantitative estimate of drug-likeness (QED) is 0.663. The van der Waals surface area contributed by atoms with Gasteiger partial charge < -0.3 is 10.6 Å². The first-order valence-corrected chi connectivity index (χ1v) is 8.96. The molecule has 3 aromatic rings. The number of nitrogens with zero attached hydrogens (tertiary/aromatic N) is 3. The molecular weight excluding hydrogens is 341 g/mol. The molecule has 0 saturated heterocycles. The Labute approximate surface area is 159 Å². The van der Waals surface area contributed by atoms with Crippen LogP contribution in [0.2, 0.25) is 0 Å². The summed E-state index contributed by atoms with van der Waals surface area (Å²) in [5.41, 5.74) is 2.94. The van der Waals surface area contributed by atoms with Crippen LogP contribution in [0.3, 0.4) is 0 Å². The van der Waals surface area contributed by atoms with Gasteiger partial charge in [0.2, 0.25) is 5.95 Å². The molecule has 0 unspecified atom stereocenters. The van der Waals surface area contributed by atoms with Crippen LogP contribution < -0.4 is 10.6 Å². The normalized spacial score (nSPS) is 11.3. The van der Waals surface area contributed by atoms with Crippen molar-refractivity contribution in [3.8, 4) is 0 Å². The fourth-order valence-corrected chi connectivity index (χ4v) is 2.65. The van der Waals surface area contributed by atoms with Crippen LogP contribution in [-0.4, -0.2) is 21.7 Å². The van der Waals surface area contributed by atoms with Gasteiger partial charge in [-0.3, -0.25) is 0 Å². The van der Waals surface area contributed by atoms with Crippen molar-refractivity contribution < 1.29 is 4.39 Å². The van der Waals surface area contributed by atoms with Gasteiger partial charge >= 0.3 is 0 Å². The average molecular weight is 365 g/mol. The molecule has 0 aliphatic carbocycles. The molecule has 0 fully saturated rings. The third-order valence-corrected chi connectivity index (χ3v) is 4.22. The standard InChI is InChI=1S/C21H24FN5/c1-21(2,3)16-8-10-17(11-9-16)25-20-26-19(14-24-27-20)23-13-12-15-6-4-5-7-18(15)22/h4-11,14H,12-13H2,1-3H3,(H2,23,25,26,27). The molecule has 0 amide bonds. The summed E-state index contributed by atoms with van der Waals surface area (Å²) in [5.74, 6) is 0.811. The molecule has 5 nitrogen and oxygen atoms in total. The molecule has 0 atom stereocenters. The lowest BCUT2D eigenvalue weighted by Gasteiger charge is -2.19. The van der Waals surface area contributed by atoms with Gasteiger partial charge in [-0.25, -0.2) is 4.39 Å². The molecule has 6 heteroatoms. The Hall–Kier alpha value is -3.02. The summed E-state index contributed by atoms with van der Waals surface area (Å²) in [5, 5.41) is 14.3. The number of nitrogens with one attached hydrogen (secondary N) is 2. The molecular formula is C21H24FN5. The Morgan fingerprint density at radius 2 is 1.74 bits per heavy atom. The maximum Gasteiger partial charge on any atom is 0.249 e. The number of anilines is 3. The number of aromatic nitrogens is 3. The van der Waals surface area contributed by atoms with Crippen molar-refractivity contribution >= 4 is 17.5 Å². The molecule has 27 heavy (non-hydrogen) atoms. The monoisotopic (exact) mass is 365 g/mol. The number of halogens is 1. The fourth-order valence-electron chi connectivity index (χ4n) is 2.65. The van der Waals surface area contributed by atoms with E-state index in [1.54, 1.807) is 18.3 Å². The van der Waals surface area contributed by atoms with Gasteiger partial charge in [-0.15, -0.1) is 5.10 Å². The molecule has 3 rings (SSSR count). The van der Waals surface area contributed by atoms with Crippen molar-refractivity contribution in [2.24, 2.45) is 0 Å². The maximum atomic E-state index is 13.6. The highest BCUT2D eigenvalue weighted by atomic mass is 19.1. The van der Waals surface area contributed by atoms with Gasteiger partial charge in [-0.1, -0.05) is 51.1 Å². The average Bonchev–Trinajstić information content (AvgIpc) is 2.63. The van der Waals surface area contributed by atoms with Gasteiger partial charge in [0.1, 0.15) is 5.82 Å². The summed E-state index contributed by atoms with van der Waals surface area (Å²) in [4.78, 5) is 4.40. The van der Waals surface area contributed by atoms with Crippen LogP contribution in [0.4, 0.5) is 21.8 Å². The lowest BCUT2D eigenvalue weighted by Crippen LogP contribution is -2.11. The minimum Gasteiger partial charge on any atom is -0.368 e. The van der Waals surface area contributed by atoms with Crippen molar-refractivity contribution in [3.63, 3.8) is 0 Å². The van der Waals surface area contributed by atoms with E-state index in [-0.39, 0.29) is 11.2 Å². The lowest BCUT2D eigenvalue weighted by atomic mass is 9.87. The van der Waals surface area contributed by atoms with Crippen LogP contribution in [0.15, 0.2) is 54.7 Å². The molecule has 2 aromatic carbocycles. The Kier molecular flexibility index (Phi) is 5.64. The Morgan fingerprint density at radius 1 is 1.00 bits per heavy atom. The van der Waals surface area contributed by atoms with E-state index in [4.69, 9.17) is 0 Å². The van der Waals surface area contributed by atoms with Gasteiger partial charge in [0.25, 0.3) is 0 Å². The molecule has 0 saturated carbocycles. The van der Waals surface area contributed by atoms with E-state index in [0.717, 1.165) is 5.69 Å². The van der Waals surface area contributed by atoms with Crippen molar-refractivity contribution in [2.45, 2.75) is 32.6 Å². The number of benzene rings is 2. The van der Waals surface area contributed by atoms with E-state index in [1.807, 2.05) is 18.2 Å². The minimum absolute atomic E-state index is 0.110. The van der Waals surface area contributed by atoms with Crippen LogP contribution >= 0.6 is 0 Å². The van der Waals surface area contributed by atoms with E-state index in [9.17, 15) is 4.39 Å². The van der Waals surface area contributed by atoms with E-state index in [1.165, 1.54) is 11.6 Å². The van der Waals surface area contributed by atoms with Crippen molar-refractivity contribution in [2.75, 3.05) is 17.2 Å². The summed E-state index contributed by atoms with van der Waals surface area (Å²) in [6.45, 7) is 7.09. The molecule has 0 aliphatic heterocycles. The zero-order valence-electron chi connectivity index (χ0n) is 15.8. The summed E-state index contributed by atoms with van der Waals surface area (Å²) in [7, 11) is 0. The minimum atomic E-state index is -0.193. The molecule has 0 spiro atoms. The SMILES string of the molecule is CC(C)(C)c1ccc(Nc2nncc(NCCc3ccccc3F)n2)cc1. The second kappa shape index (κ2) is 8.12. The zero-order valence-corrected chi connectivity index (χ0v) is 15.8. The van der Waals surface area contributed by atoms with Gasteiger partial charge in [0.15, 0.2) is 5.82 Å². The molecule has 140 valence electrons. The largest absolute Gasteiger partial charge is 0.368 e. The summed E-state index contributed by atoms with van der Waals surface area (Å²) in [6, 6.07) is 14.9. The third kappa shape index (κ3) is 5.23. The smallest absolute Gasteiger partial charge is 0.249 e.